The average molecular weight is 467 g/mol. The van der Waals surface area contributed by atoms with Crippen LogP contribution in [0.4, 0.5) is 5.69 Å². The van der Waals surface area contributed by atoms with Crippen molar-refractivity contribution in [2.45, 2.75) is 70.7 Å². The van der Waals surface area contributed by atoms with E-state index in [2.05, 4.69) is 0 Å². The van der Waals surface area contributed by atoms with Crippen molar-refractivity contribution in [3.05, 3.63) is 34.5 Å². The van der Waals surface area contributed by atoms with Gasteiger partial charge < -0.3 is 19.9 Å². The number of nitrogens with two attached hydrogens (primary N) is 1. The van der Waals surface area contributed by atoms with Gasteiger partial charge in [0.15, 0.2) is 23.5 Å². The van der Waals surface area contributed by atoms with E-state index in [0.29, 0.717) is 48.8 Å². The van der Waals surface area contributed by atoms with Gasteiger partial charge in [0.05, 0.1) is 22.9 Å². The summed E-state index contributed by atoms with van der Waals surface area (Å²) in [6.45, 7) is 4.63. The molecule has 8 heteroatoms. The van der Waals surface area contributed by atoms with Gasteiger partial charge in [-0.3, -0.25) is 14.4 Å². The molecule has 4 atom stereocenters. The molecule has 34 heavy (non-hydrogen) atoms. The Kier molecular flexibility index (Phi) is 6.12. The van der Waals surface area contributed by atoms with Crippen LogP contribution >= 0.6 is 0 Å². The van der Waals surface area contributed by atoms with Gasteiger partial charge >= 0.3 is 0 Å². The second-order valence-electron chi connectivity index (χ2n) is 9.52. The van der Waals surface area contributed by atoms with Crippen LogP contribution in [0.25, 0.3) is 0 Å². The van der Waals surface area contributed by atoms with Crippen molar-refractivity contribution in [2.75, 3.05) is 13.2 Å². The number of hydrogen-bond donors (Lipinski definition) is 1. The lowest BCUT2D eigenvalue weighted by Gasteiger charge is -2.36. The molecule has 180 valence electrons. The van der Waals surface area contributed by atoms with Gasteiger partial charge in [0.1, 0.15) is 23.6 Å². The van der Waals surface area contributed by atoms with Gasteiger partial charge in [0.2, 0.25) is 0 Å². The van der Waals surface area contributed by atoms with Crippen LogP contribution in [0.3, 0.4) is 0 Å². The Balaban J connectivity index is 1.62. The monoisotopic (exact) mass is 466 g/mol. The predicted octanol–water partition coefficient (Wildman–Crippen LogP) is 3.15. The third-order valence-corrected chi connectivity index (χ3v) is 7.19. The second-order valence-corrected chi connectivity index (χ2v) is 9.52. The molecule has 0 radical (unpaired) electrons. The van der Waals surface area contributed by atoms with E-state index in [1.807, 2.05) is 13.0 Å². The summed E-state index contributed by atoms with van der Waals surface area (Å²) >= 11 is 0. The van der Waals surface area contributed by atoms with Crippen molar-refractivity contribution in [3.8, 4) is 5.75 Å². The lowest BCUT2D eigenvalue weighted by Crippen LogP contribution is -2.50. The third-order valence-electron chi connectivity index (χ3n) is 7.19. The van der Waals surface area contributed by atoms with E-state index in [9.17, 15) is 14.4 Å². The summed E-state index contributed by atoms with van der Waals surface area (Å²) in [5.41, 5.74) is 8.05. The SMILES string of the molecule is Cc1ccc(C(=O)C2CCCCO2)c2c1OC1C(=N2)C(C(=O)C2CCCCO2)=C(N)C(=O)C1C. The van der Waals surface area contributed by atoms with Crippen LogP contribution < -0.4 is 10.5 Å². The maximum Gasteiger partial charge on any atom is 0.195 e. The molecule has 1 aromatic rings. The maximum absolute atomic E-state index is 13.5. The molecule has 4 aliphatic rings. The fourth-order valence-electron chi connectivity index (χ4n) is 5.17. The fraction of sp³-hybridized carbons (Fsp3) is 0.538. The zero-order chi connectivity index (χ0) is 24.0. The first kappa shape index (κ1) is 22.9. The lowest BCUT2D eigenvalue weighted by atomic mass is 9.79. The highest BCUT2D eigenvalue weighted by molar-refractivity contribution is 6.32. The number of carbonyl (C=O) groups is 3. The number of aliphatic imine (C=N–C) groups is 1. The maximum atomic E-state index is 13.5. The first-order valence-electron chi connectivity index (χ1n) is 12.1. The Bertz CT molecular complexity index is 1110. The topological polar surface area (TPSA) is 117 Å². The van der Waals surface area contributed by atoms with E-state index >= 15 is 0 Å². The zero-order valence-electron chi connectivity index (χ0n) is 19.6. The van der Waals surface area contributed by atoms with Crippen LogP contribution in [-0.2, 0) is 19.1 Å². The minimum atomic E-state index is -0.759. The number of rotatable bonds is 4. The molecule has 8 nitrogen and oxygen atoms in total. The minimum absolute atomic E-state index is 0.0690. The smallest absolute Gasteiger partial charge is 0.195 e. The van der Waals surface area contributed by atoms with E-state index in [-0.39, 0.29) is 28.6 Å². The number of aryl methyl sites for hydroxylation is 1. The molecule has 3 aliphatic heterocycles. The number of hydrogen-bond acceptors (Lipinski definition) is 8. The summed E-state index contributed by atoms with van der Waals surface area (Å²) in [4.78, 5) is 44.6. The fourth-order valence-corrected chi connectivity index (χ4v) is 5.17. The molecule has 3 heterocycles. The summed E-state index contributed by atoms with van der Waals surface area (Å²) in [5, 5.41) is 0. The molecular formula is C26H30N2O6. The van der Waals surface area contributed by atoms with Gasteiger partial charge in [-0.1, -0.05) is 13.0 Å². The van der Waals surface area contributed by atoms with Crippen LogP contribution in [0.15, 0.2) is 28.4 Å². The van der Waals surface area contributed by atoms with Gasteiger partial charge in [0.25, 0.3) is 0 Å². The van der Waals surface area contributed by atoms with Crippen molar-refractivity contribution in [2.24, 2.45) is 16.6 Å². The Morgan fingerprint density at radius 3 is 2.26 bits per heavy atom. The predicted molar refractivity (Wildman–Crippen MR) is 125 cm³/mol. The molecule has 2 fully saturated rings. The number of allylic oxidation sites excluding steroid dienone is 1. The van der Waals surface area contributed by atoms with Crippen LogP contribution in [0.5, 0.6) is 5.75 Å². The van der Waals surface area contributed by atoms with E-state index < -0.39 is 24.2 Å². The third kappa shape index (κ3) is 3.79. The molecule has 0 amide bonds. The minimum Gasteiger partial charge on any atom is -0.481 e. The van der Waals surface area contributed by atoms with E-state index in [1.54, 1.807) is 13.0 Å². The summed E-state index contributed by atoms with van der Waals surface area (Å²) in [6, 6.07) is 3.55. The van der Waals surface area contributed by atoms with Crippen molar-refractivity contribution in [3.63, 3.8) is 0 Å². The largest absolute Gasteiger partial charge is 0.481 e. The number of nitrogens with zero attached hydrogens (tertiary/aromatic N) is 1. The molecule has 4 unspecified atom stereocenters. The van der Waals surface area contributed by atoms with Crippen molar-refractivity contribution < 1.29 is 28.6 Å². The van der Waals surface area contributed by atoms with Gasteiger partial charge in [0, 0.05) is 18.8 Å². The van der Waals surface area contributed by atoms with Gasteiger partial charge in [-0.05, 0) is 57.1 Å². The Morgan fingerprint density at radius 1 is 1.00 bits per heavy atom. The van der Waals surface area contributed by atoms with Crippen molar-refractivity contribution in [1.29, 1.82) is 0 Å². The molecule has 1 aliphatic carbocycles. The number of Topliss-reactive ketones (excluding diaryl/α,β-unsaturated/α-hetero) is 3. The van der Waals surface area contributed by atoms with Crippen LogP contribution in [0.2, 0.25) is 0 Å². The van der Waals surface area contributed by atoms with Gasteiger partial charge in [-0.2, -0.15) is 0 Å². The molecule has 0 bridgehead atoms. The normalized spacial score (nSPS) is 29.0. The summed E-state index contributed by atoms with van der Waals surface area (Å²) in [7, 11) is 0. The summed E-state index contributed by atoms with van der Waals surface area (Å²) in [5.74, 6) is -0.994. The first-order valence-corrected chi connectivity index (χ1v) is 12.1. The quantitative estimate of drug-likeness (QED) is 0.678. The molecule has 1 aromatic carbocycles. The Labute approximate surface area is 198 Å². The molecule has 0 spiro atoms. The number of ether oxygens (including phenoxy) is 3. The Hall–Kier alpha value is -2.84. The molecule has 5 rings (SSSR count). The highest BCUT2D eigenvalue weighted by atomic mass is 16.5. The van der Waals surface area contributed by atoms with Gasteiger partial charge in [-0.15, -0.1) is 0 Å². The molecule has 2 saturated heterocycles. The summed E-state index contributed by atoms with van der Waals surface area (Å²) in [6.07, 6.45) is 2.89. The molecular weight excluding hydrogens is 436 g/mol. The number of fused-ring (bicyclic) bond motifs is 2. The zero-order valence-corrected chi connectivity index (χ0v) is 19.6. The lowest BCUT2D eigenvalue weighted by molar-refractivity contribution is -0.129. The molecule has 2 N–H and O–H groups in total. The van der Waals surface area contributed by atoms with E-state index in [4.69, 9.17) is 24.9 Å². The number of benzene rings is 1. The van der Waals surface area contributed by atoms with E-state index in [1.165, 1.54) is 0 Å². The van der Waals surface area contributed by atoms with Crippen molar-refractivity contribution in [1.82, 2.24) is 0 Å². The molecule has 0 aromatic heterocycles. The number of ketones is 3. The Morgan fingerprint density at radius 2 is 1.65 bits per heavy atom. The average Bonchev–Trinajstić information content (AvgIpc) is 2.87. The van der Waals surface area contributed by atoms with Crippen molar-refractivity contribution >= 4 is 28.7 Å². The standard InChI is InChI=1S/C26H30N2O6/c1-13-9-10-15(23(30)16-7-3-5-11-32-16)20-25(13)34-26-14(2)22(29)19(27)18(21(26)28-20)24(31)17-8-4-6-12-33-17/h9-10,14,16-17,26H,3-8,11-12,27H2,1-2H3. The second kappa shape index (κ2) is 9.07. The van der Waals surface area contributed by atoms with Crippen LogP contribution in [0, 0.1) is 12.8 Å². The van der Waals surface area contributed by atoms with E-state index in [0.717, 1.165) is 31.2 Å². The van der Waals surface area contributed by atoms with Crippen LogP contribution in [-0.4, -0.2) is 54.6 Å². The van der Waals surface area contributed by atoms with Gasteiger partial charge in [-0.25, -0.2) is 4.99 Å². The highest BCUT2D eigenvalue weighted by Gasteiger charge is 2.46. The first-order chi connectivity index (χ1) is 16.4. The highest BCUT2D eigenvalue weighted by Crippen LogP contribution is 2.44. The van der Waals surface area contributed by atoms with Crippen LogP contribution in [0.1, 0.15) is 61.4 Å². The summed E-state index contributed by atoms with van der Waals surface area (Å²) < 4.78 is 17.7. The molecule has 0 saturated carbocycles. The number of carbonyl (C=O) groups excluding carboxylic acids is 3.